The van der Waals surface area contributed by atoms with Gasteiger partial charge in [-0.3, -0.25) is 4.90 Å². The molecule has 17 heavy (non-hydrogen) atoms. The zero-order valence-corrected chi connectivity index (χ0v) is 12.3. The van der Waals surface area contributed by atoms with Gasteiger partial charge < -0.3 is 5.32 Å². The van der Waals surface area contributed by atoms with Crippen LogP contribution >= 0.6 is 11.8 Å². The van der Waals surface area contributed by atoms with Crippen molar-refractivity contribution in [1.82, 2.24) is 10.2 Å². The summed E-state index contributed by atoms with van der Waals surface area (Å²) in [6, 6.07) is 0. The number of nitrogens with zero attached hydrogens (tertiary/aromatic N) is 1. The maximum absolute atomic E-state index is 3.80. The zero-order valence-electron chi connectivity index (χ0n) is 11.5. The molecular formula is C14H28N2S. The second-order valence-electron chi connectivity index (χ2n) is 5.70. The standard InChI is InChI=1S/C14H28N2S/c1-3-6-14(7-5-8-15-14)12-16-9-10-17-13(4-2)11-16/h13,15H,3-12H2,1-2H3. The van der Waals surface area contributed by atoms with Crippen LogP contribution in [0, 0.1) is 0 Å². The number of hydrogen-bond donors (Lipinski definition) is 1. The van der Waals surface area contributed by atoms with Gasteiger partial charge in [0, 0.05) is 36.2 Å². The summed E-state index contributed by atoms with van der Waals surface area (Å²) in [5.41, 5.74) is 0.453. The Kier molecular flexibility index (Phi) is 5.19. The van der Waals surface area contributed by atoms with Crippen molar-refractivity contribution in [3.8, 4) is 0 Å². The van der Waals surface area contributed by atoms with E-state index in [4.69, 9.17) is 0 Å². The van der Waals surface area contributed by atoms with Gasteiger partial charge in [0.1, 0.15) is 0 Å². The third-order valence-corrected chi connectivity index (χ3v) is 5.64. The van der Waals surface area contributed by atoms with E-state index in [0.29, 0.717) is 5.54 Å². The molecule has 0 saturated carbocycles. The smallest absolute Gasteiger partial charge is 0.0309 e. The largest absolute Gasteiger partial charge is 0.310 e. The van der Waals surface area contributed by atoms with Crippen molar-refractivity contribution in [2.45, 2.75) is 56.7 Å². The second kappa shape index (κ2) is 6.44. The van der Waals surface area contributed by atoms with Gasteiger partial charge in [0.2, 0.25) is 0 Å². The molecule has 2 unspecified atom stereocenters. The maximum atomic E-state index is 3.80. The Balaban J connectivity index is 1.88. The summed E-state index contributed by atoms with van der Waals surface area (Å²) >= 11 is 2.18. The molecule has 2 atom stereocenters. The predicted octanol–water partition coefficient (Wildman–Crippen LogP) is 2.74. The predicted molar refractivity (Wildman–Crippen MR) is 77.9 cm³/mol. The summed E-state index contributed by atoms with van der Waals surface area (Å²) in [7, 11) is 0. The van der Waals surface area contributed by atoms with Crippen LogP contribution in [-0.4, -0.2) is 47.6 Å². The van der Waals surface area contributed by atoms with E-state index in [9.17, 15) is 0 Å². The lowest BCUT2D eigenvalue weighted by Gasteiger charge is -2.39. The number of rotatable bonds is 5. The number of thioether (sulfide) groups is 1. The van der Waals surface area contributed by atoms with Crippen LogP contribution in [0.5, 0.6) is 0 Å². The lowest BCUT2D eigenvalue weighted by atomic mass is 9.91. The van der Waals surface area contributed by atoms with E-state index in [2.05, 4.69) is 35.8 Å². The SMILES string of the molecule is CCCC1(CN2CCSC(CC)C2)CCCN1. The quantitative estimate of drug-likeness (QED) is 0.814. The van der Waals surface area contributed by atoms with Crippen LogP contribution in [0.15, 0.2) is 0 Å². The molecular weight excluding hydrogens is 228 g/mol. The van der Waals surface area contributed by atoms with E-state index >= 15 is 0 Å². The lowest BCUT2D eigenvalue weighted by molar-refractivity contribution is 0.187. The molecule has 0 aromatic heterocycles. The Morgan fingerprint density at radius 2 is 2.29 bits per heavy atom. The molecule has 1 N–H and O–H groups in total. The van der Waals surface area contributed by atoms with Crippen molar-refractivity contribution < 1.29 is 0 Å². The Morgan fingerprint density at radius 1 is 1.41 bits per heavy atom. The fourth-order valence-corrected chi connectivity index (χ4v) is 4.62. The summed E-state index contributed by atoms with van der Waals surface area (Å²) in [4.78, 5) is 2.72. The molecule has 2 aliphatic rings. The first-order chi connectivity index (χ1) is 8.28. The number of hydrogen-bond acceptors (Lipinski definition) is 3. The van der Waals surface area contributed by atoms with Crippen LogP contribution in [-0.2, 0) is 0 Å². The van der Waals surface area contributed by atoms with E-state index in [1.54, 1.807) is 0 Å². The minimum absolute atomic E-state index is 0.453. The van der Waals surface area contributed by atoms with Gasteiger partial charge in [-0.05, 0) is 32.2 Å². The van der Waals surface area contributed by atoms with Crippen molar-refractivity contribution in [1.29, 1.82) is 0 Å². The van der Waals surface area contributed by atoms with E-state index in [1.807, 2.05) is 0 Å². The van der Waals surface area contributed by atoms with Gasteiger partial charge in [0.25, 0.3) is 0 Å². The molecule has 3 heteroatoms. The Hall–Kier alpha value is 0.270. The third-order valence-electron chi connectivity index (χ3n) is 4.27. The van der Waals surface area contributed by atoms with Crippen molar-refractivity contribution in [3.05, 3.63) is 0 Å². The van der Waals surface area contributed by atoms with Crippen LogP contribution in [0.4, 0.5) is 0 Å². The first-order valence-electron chi connectivity index (χ1n) is 7.37. The highest BCUT2D eigenvalue weighted by Crippen LogP contribution is 2.28. The minimum atomic E-state index is 0.453. The average molecular weight is 256 g/mol. The van der Waals surface area contributed by atoms with Gasteiger partial charge in [0.05, 0.1) is 0 Å². The van der Waals surface area contributed by atoms with Crippen molar-refractivity contribution in [2.75, 3.05) is 31.9 Å². The van der Waals surface area contributed by atoms with E-state index < -0.39 is 0 Å². The van der Waals surface area contributed by atoms with Crippen LogP contribution in [0.25, 0.3) is 0 Å². The van der Waals surface area contributed by atoms with Gasteiger partial charge in [-0.2, -0.15) is 11.8 Å². The zero-order chi connectivity index (χ0) is 12.1. The molecule has 2 saturated heterocycles. The van der Waals surface area contributed by atoms with Crippen LogP contribution in [0.1, 0.15) is 46.0 Å². The van der Waals surface area contributed by atoms with Gasteiger partial charge >= 0.3 is 0 Å². The molecule has 2 aliphatic heterocycles. The normalized spacial score (nSPS) is 35.3. The van der Waals surface area contributed by atoms with Gasteiger partial charge in [-0.1, -0.05) is 20.3 Å². The summed E-state index contributed by atoms with van der Waals surface area (Å²) in [5.74, 6) is 1.33. The molecule has 0 aromatic carbocycles. The van der Waals surface area contributed by atoms with Crippen molar-refractivity contribution in [3.63, 3.8) is 0 Å². The van der Waals surface area contributed by atoms with Crippen molar-refractivity contribution >= 4 is 11.8 Å². The molecule has 0 spiro atoms. The van der Waals surface area contributed by atoms with E-state index in [0.717, 1.165) is 5.25 Å². The Labute approximate surface area is 111 Å². The fraction of sp³-hybridized carbons (Fsp3) is 1.00. The molecule has 2 rings (SSSR count). The first kappa shape index (κ1) is 13.7. The van der Waals surface area contributed by atoms with Gasteiger partial charge in [0.15, 0.2) is 0 Å². The van der Waals surface area contributed by atoms with E-state index in [-0.39, 0.29) is 0 Å². The molecule has 0 amide bonds. The monoisotopic (exact) mass is 256 g/mol. The lowest BCUT2D eigenvalue weighted by Crippen LogP contribution is -2.52. The summed E-state index contributed by atoms with van der Waals surface area (Å²) in [5, 5.41) is 4.68. The van der Waals surface area contributed by atoms with Crippen LogP contribution in [0.2, 0.25) is 0 Å². The molecule has 2 heterocycles. The highest BCUT2D eigenvalue weighted by Gasteiger charge is 2.35. The van der Waals surface area contributed by atoms with Gasteiger partial charge in [-0.15, -0.1) is 0 Å². The fourth-order valence-electron chi connectivity index (χ4n) is 3.37. The molecule has 0 bridgehead atoms. The molecule has 0 aliphatic carbocycles. The number of nitrogens with one attached hydrogen (secondary N) is 1. The molecule has 2 fully saturated rings. The second-order valence-corrected chi connectivity index (χ2v) is 7.11. The topological polar surface area (TPSA) is 15.3 Å². The Bertz CT molecular complexity index is 226. The van der Waals surface area contributed by atoms with Crippen LogP contribution < -0.4 is 5.32 Å². The highest BCUT2D eigenvalue weighted by molar-refractivity contribution is 8.00. The molecule has 2 nitrogen and oxygen atoms in total. The molecule has 100 valence electrons. The summed E-state index contributed by atoms with van der Waals surface area (Å²) < 4.78 is 0. The van der Waals surface area contributed by atoms with Gasteiger partial charge in [-0.25, -0.2) is 0 Å². The average Bonchev–Trinajstić information content (AvgIpc) is 2.78. The minimum Gasteiger partial charge on any atom is -0.310 e. The summed E-state index contributed by atoms with van der Waals surface area (Å²) in [6.07, 6.45) is 6.76. The van der Waals surface area contributed by atoms with Crippen LogP contribution in [0.3, 0.4) is 0 Å². The first-order valence-corrected chi connectivity index (χ1v) is 8.42. The maximum Gasteiger partial charge on any atom is 0.0309 e. The summed E-state index contributed by atoms with van der Waals surface area (Å²) in [6.45, 7) is 9.79. The molecule has 0 aromatic rings. The Morgan fingerprint density at radius 3 is 2.94 bits per heavy atom. The third kappa shape index (κ3) is 3.62. The van der Waals surface area contributed by atoms with E-state index in [1.165, 1.54) is 64.0 Å². The molecule has 0 radical (unpaired) electrons. The van der Waals surface area contributed by atoms with Crippen molar-refractivity contribution in [2.24, 2.45) is 0 Å². The highest BCUT2D eigenvalue weighted by atomic mass is 32.2.